The summed E-state index contributed by atoms with van der Waals surface area (Å²) in [5.41, 5.74) is 3.70. The van der Waals surface area contributed by atoms with Crippen molar-refractivity contribution >= 4 is 23.2 Å². The third-order valence-corrected chi connectivity index (χ3v) is 5.62. The van der Waals surface area contributed by atoms with E-state index in [4.69, 9.17) is 4.74 Å². The molecule has 4 aromatic rings. The van der Waals surface area contributed by atoms with Crippen LogP contribution in [0.5, 0.6) is 5.75 Å². The number of hydrogen-bond acceptors (Lipinski definition) is 3. The van der Waals surface area contributed by atoms with Gasteiger partial charge in [-0.1, -0.05) is 91.0 Å². The molecule has 2 amide bonds. The van der Waals surface area contributed by atoms with Gasteiger partial charge < -0.3 is 15.4 Å². The summed E-state index contributed by atoms with van der Waals surface area (Å²) in [6, 6.07) is 34.0. The molecule has 0 saturated heterocycles. The van der Waals surface area contributed by atoms with Crippen LogP contribution in [0, 0.1) is 0 Å². The Labute approximate surface area is 192 Å². The second-order valence-corrected chi connectivity index (χ2v) is 7.85. The Morgan fingerprint density at radius 2 is 1.36 bits per heavy atom. The largest absolute Gasteiger partial charge is 0.474 e. The first-order valence-corrected chi connectivity index (χ1v) is 10.8. The highest BCUT2D eigenvalue weighted by molar-refractivity contribution is 6.01. The number of amides is 2. The molecule has 0 radical (unpaired) electrons. The molecule has 1 atom stereocenters. The molecule has 1 unspecified atom stereocenters. The molecule has 0 fully saturated rings. The van der Waals surface area contributed by atoms with Crippen molar-refractivity contribution < 1.29 is 14.3 Å². The Balaban J connectivity index is 1.39. The van der Waals surface area contributed by atoms with E-state index in [0.29, 0.717) is 17.1 Å². The van der Waals surface area contributed by atoms with E-state index in [2.05, 4.69) is 10.6 Å². The lowest BCUT2D eigenvalue weighted by Gasteiger charge is -2.26. The quantitative estimate of drug-likeness (QED) is 0.434. The van der Waals surface area contributed by atoms with Gasteiger partial charge in [0, 0.05) is 11.3 Å². The van der Waals surface area contributed by atoms with Gasteiger partial charge in [-0.2, -0.15) is 0 Å². The topological polar surface area (TPSA) is 67.4 Å². The number of hydrogen-bond donors (Lipinski definition) is 2. The molecule has 33 heavy (non-hydrogen) atoms. The molecule has 5 nitrogen and oxygen atoms in total. The van der Waals surface area contributed by atoms with E-state index >= 15 is 0 Å². The average Bonchev–Trinajstić information content (AvgIpc) is 2.85. The van der Waals surface area contributed by atoms with Crippen molar-refractivity contribution in [2.75, 3.05) is 10.6 Å². The molecule has 0 spiro atoms. The van der Waals surface area contributed by atoms with Gasteiger partial charge in [0.25, 0.3) is 5.91 Å². The minimum atomic E-state index is -0.709. The lowest BCUT2D eigenvalue weighted by atomic mass is 9.90. The van der Waals surface area contributed by atoms with E-state index in [9.17, 15) is 9.59 Å². The lowest BCUT2D eigenvalue weighted by molar-refractivity contribution is -0.123. The Morgan fingerprint density at radius 1 is 0.788 bits per heavy atom. The minimum absolute atomic E-state index is 0.155. The number of carbonyl (C=O) groups excluding carboxylic acids is 2. The zero-order chi connectivity index (χ0) is 22.6. The molecule has 0 aromatic heterocycles. The number of carbonyl (C=O) groups is 2. The third-order valence-electron chi connectivity index (χ3n) is 5.62. The maximum atomic E-state index is 13.4. The normalized spacial score (nSPS) is 14.7. The van der Waals surface area contributed by atoms with E-state index in [0.717, 1.165) is 16.7 Å². The summed E-state index contributed by atoms with van der Waals surface area (Å²) in [4.78, 5) is 26.0. The molecular weight excluding hydrogens is 412 g/mol. The molecule has 0 aliphatic carbocycles. The van der Waals surface area contributed by atoms with Crippen molar-refractivity contribution in [2.45, 2.75) is 12.0 Å². The van der Waals surface area contributed by atoms with Gasteiger partial charge >= 0.3 is 0 Å². The van der Waals surface area contributed by atoms with Crippen LogP contribution >= 0.6 is 0 Å². The van der Waals surface area contributed by atoms with E-state index in [1.165, 1.54) is 0 Å². The maximum absolute atomic E-state index is 13.4. The van der Waals surface area contributed by atoms with Crippen molar-refractivity contribution in [1.82, 2.24) is 0 Å². The van der Waals surface area contributed by atoms with Crippen molar-refractivity contribution in [3.8, 4) is 5.75 Å². The molecular formula is C28H22N2O3. The fraction of sp³-hybridized carbons (Fsp3) is 0.0714. The van der Waals surface area contributed by atoms with Crippen LogP contribution in [0.1, 0.15) is 28.7 Å². The molecule has 5 heteroatoms. The molecule has 1 heterocycles. The number of ether oxygens (including phenoxy) is 1. The summed E-state index contributed by atoms with van der Waals surface area (Å²) >= 11 is 0. The molecule has 0 bridgehead atoms. The Hall–Kier alpha value is -4.38. The monoisotopic (exact) mass is 434 g/mol. The van der Waals surface area contributed by atoms with Crippen molar-refractivity contribution in [2.24, 2.45) is 0 Å². The maximum Gasteiger partial charge on any atom is 0.270 e. The highest BCUT2D eigenvalue weighted by atomic mass is 16.5. The number of rotatable bonds is 5. The first-order valence-electron chi connectivity index (χ1n) is 10.8. The minimum Gasteiger partial charge on any atom is -0.474 e. The van der Waals surface area contributed by atoms with Crippen LogP contribution in [-0.4, -0.2) is 11.8 Å². The Bertz CT molecular complexity index is 1240. The second-order valence-electron chi connectivity index (χ2n) is 7.85. The SMILES string of the molecule is O=C1Nc2cc(NC(=O)C(c3ccccc3)c3ccccc3)ccc2OC1c1ccccc1. The number of anilines is 2. The second kappa shape index (κ2) is 9.01. The van der Waals surface area contributed by atoms with Gasteiger partial charge in [0.05, 0.1) is 11.6 Å². The highest BCUT2D eigenvalue weighted by Crippen LogP contribution is 2.37. The average molecular weight is 434 g/mol. The van der Waals surface area contributed by atoms with Gasteiger partial charge in [-0.15, -0.1) is 0 Å². The summed E-state index contributed by atoms with van der Waals surface area (Å²) in [5, 5.41) is 5.90. The summed E-state index contributed by atoms with van der Waals surface area (Å²) in [5.74, 6) is -0.304. The number of nitrogens with one attached hydrogen (secondary N) is 2. The van der Waals surface area contributed by atoms with Crippen LogP contribution < -0.4 is 15.4 Å². The third kappa shape index (κ3) is 4.34. The predicted molar refractivity (Wildman–Crippen MR) is 128 cm³/mol. The van der Waals surface area contributed by atoms with Crippen LogP contribution in [0.3, 0.4) is 0 Å². The summed E-state index contributed by atoms with van der Waals surface area (Å²) < 4.78 is 5.95. The van der Waals surface area contributed by atoms with Crippen LogP contribution in [0.15, 0.2) is 109 Å². The molecule has 2 N–H and O–H groups in total. The fourth-order valence-electron chi connectivity index (χ4n) is 4.03. The molecule has 4 aromatic carbocycles. The molecule has 0 saturated carbocycles. The summed E-state index contributed by atoms with van der Waals surface area (Å²) in [6.07, 6.45) is -0.709. The summed E-state index contributed by atoms with van der Waals surface area (Å²) in [6.45, 7) is 0. The zero-order valence-corrected chi connectivity index (χ0v) is 17.8. The van der Waals surface area contributed by atoms with Crippen LogP contribution in [0.2, 0.25) is 0 Å². The Kier molecular flexibility index (Phi) is 5.60. The van der Waals surface area contributed by atoms with E-state index in [-0.39, 0.29) is 11.8 Å². The first-order chi connectivity index (χ1) is 16.2. The number of benzene rings is 4. The van der Waals surface area contributed by atoms with Gasteiger partial charge in [-0.3, -0.25) is 9.59 Å². The molecule has 162 valence electrons. The molecule has 5 rings (SSSR count). The zero-order valence-electron chi connectivity index (χ0n) is 17.8. The lowest BCUT2D eigenvalue weighted by Crippen LogP contribution is -2.30. The summed E-state index contributed by atoms with van der Waals surface area (Å²) in [7, 11) is 0. The van der Waals surface area contributed by atoms with Gasteiger partial charge in [-0.25, -0.2) is 0 Å². The first kappa shape index (κ1) is 20.5. The predicted octanol–water partition coefficient (Wildman–Crippen LogP) is 5.53. The fourth-order valence-corrected chi connectivity index (χ4v) is 4.03. The highest BCUT2D eigenvalue weighted by Gasteiger charge is 2.29. The van der Waals surface area contributed by atoms with Crippen molar-refractivity contribution in [1.29, 1.82) is 0 Å². The van der Waals surface area contributed by atoms with Crippen LogP contribution in [-0.2, 0) is 9.59 Å². The van der Waals surface area contributed by atoms with E-state index in [1.54, 1.807) is 18.2 Å². The van der Waals surface area contributed by atoms with Crippen LogP contribution in [0.4, 0.5) is 11.4 Å². The van der Waals surface area contributed by atoms with E-state index < -0.39 is 12.0 Å². The number of fused-ring (bicyclic) bond motifs is 1. The van der Waals surface area contributed by atoms with Gasteiger partial charge in [-0.05, 0) is 29.3 Å². The standard InChI is InChI=1S/C28H22N2O3/c31-27(25(19-10-4-1-5-11-19)20-12-6-2-7-13-20)29-22-16-17-24-23(18-22)30-28(32)26(33-24)21-14-8-3-9-15-21/h1-18,25-26H,(H,29,31)(H,30,32). The van der Waals surface area contributed by atoms with Crippen molar-refractivity contribution in [3.63, 3.8) is 0 Å². The van der Waals surface area contributed by atoms with E-state index in [1.807, 2.05) is 91.0 Å². The molecule has 1 aliphatic rings. The van der Waals surface area contributed by atoms with Crippen LogP contribution in [0.25, 0.3) is 0 Å². The molecule has 1 aliphatic heterocycles. The van der Waals surface area contributed by atoms with Gasteiger partial charge in [0.2, 0.25) is 12.0 Å². The van der Waals surface area contributed by atoms with Gasteiger partial charge in [0.15, 0.2) is 0 Å². The smallest absolute Gasteiger partial charge is 0.270 e. The van der Waals surface area contributed by atoms with Crippen molar-refractivity contribution in [3.05, 3.63) is 126 Å². The van der Waals surface area contributed by atoms with Gasteiger partial charge in [0.1, 0.15) is 5.75 Å². The Morgan fingerprint density at radius 3 is 1.97 bits per heavy atom.